The number of amides is 1. The van der Waals surface area contributed by atoms with Crippen molar-refractivity contribution < 1.29 is 23.1 Å². The predicted molar refractivity (Wildman–Crippen MR) is 62.0 cm³/mol. The van der Waals surface area contributed by atoms with Gasteiger partial charge in [-0.15, -0.1) is 0 Å². The van der Waals surface area contributed by atoms with Crippen LogP contribution in [0.25, 0.3) is 0 Å². The number of nitrogens with zero attached hydrogens (tertiary/aromatic N) is 1. The summed E-state index contributed by atoms with van der Waals surface area (Å²) in [6, 6.07) is 1.69. The fourth-order valence-corrected chi connectivity index (χ4v) is 2.18. The molecule has 1 amide bonds. The molecule has 0 bridgehead atoms. The van der Waals surface area contributed by atoms with Gasteiger partial charge in [0, 0.05) is 19.7 Å². The molecule has 6 heteroatoms. The highest BCUT2D eigenvalue weighted by Crippen LogP contribution is 2.21. The van der Waals surface area contributed by atoms with E-state index in [-0.39, 0.29) is 12.5 Å². The molecule has 1 aliphatic rings. The number of halogens is 3. The number of hydrogen-bond acceptors (Lipinski definition) is 2. The van der Waals surface area contributed by atoms with Crippen molar-refractivity contribution in [2.45, 2.75) is 12.8 Å². The Morgan fingerprint density at radius 1 is 1.21 bits per heavy atom. The van der Waals surface area contributed by atoms with Gasteiger partial charge in [0.05, 0.1) is 5.56 Å². The fraction of sp³-hybridized carbons (Fsp3) is 0.462. The maximum Gasteiger partial charge on any atom is 0.256 e. The minimum Gasteiger partial charge on any atom is -0.396 e. The molecule has 0 aromatic heterocycles. The quantitative estimate of drug-likeness (QED) is 0.837. The minimum absolute atomic E-state index is 0.0571. The second-order valence-electron chi connectivity index (χ2n) is 4.64. The van der Waals surface area contributed by atoms with Crippen molar-refractivity contribution in [1.82, 2.24) is 4.90 Å². The fourth-order valence-electron chi connectivity index (χ4n) is 2.18. The Labute approximate surface area is 108 Å². The van der Waals surface area contributed by atoms with Crippen LogP contribution < -0.4 is 0 Å². The lowest BCUT2D eigenvalue weighted by Crippen LogP contribution is -2.39. The molecule has 2 rings (SSSR count). The topological polar surface area (TPSA) is 40.5 Å². The van der Waals surface area contributed by atoms with Crippen molar-refractivity contribution in [2.24, 2.45) is 5.92 Å². The highest BCUT2D eigenvalue weighted by Gasteiger charge is 2.26. The molecule has 3 nitrogen and oxygen atoms in total. The zero-order valence-corrected chi connectivity index (χ0v) is 10.2. The Morgan fingerprint density at radius 3 is 2.42 bits per heavy atom. The largest absolute Gasteiger partial charge is 0.396 e. The average molecular weight is 273 g/mol. The van der Waals surface area contributed by atoms with Gasteiger partial charge < -0.3 is 10.0 Å². The zero-order valence-electron chi connectivity index (χ0n) is 10.2. The van der Waals surface area contributed by atoms with E-state index in [9.17, 15) is 18.0 Å². The third-order valence-corrected chi connectivity index (χ3v) is 3.43. The zero-order chi connectivity index (χ0) is 14.0. The molecule has 0 saturated carbocycles. The standard InChI is InChI=1S/C13H14F3NO2/c14-10-2-1-9(11(15)12(10)16)13(19)17-5-3-8(7-18)4-6-17/h1-2,8,18H,3-7H2. The molecule has 1 aromatic rings. The molecule has 1 N–H and O–H groups in total. The van der Waals surface area contributed by atoms with E-state index in [1.807, 2.05) is 0 Å². The predicted octanol–water partition coefficient (Wildman–Crippen LogP) is 1.95. The van der Waals surface area contributed by atoms with E-state index in [2.05, 4.69) is 0 Å². The summed E-state index contributed by atoms with van der Waals surface area (Å²) in [6.07, 6.45) is 1.24. The van der Waals surface area contributed by atoms with Gasteiger partial charge in [-0.1, -0.05) is 0 Å². The van der Waals surface area contributed by atoms with Gasteiger partial charge in [-0.25, -0.2) is 13.2 Å². The second-order valence-corrected chi connectivity index (χ2v) is 4.64. The molecule has 1 fully saturated rings. The summed E-state index contributed by atoms with van der Waals surface area (Å²) in [4.78, 5) is 13.4. The van der Waals surface area contributed by atoms with E-state index in [4.69, 9.17) is 5.11 Å². The van der Waals surface area contributed by atoms with Gasteiger partial charge in [0.1, 0.15) is 0 Å². The summed E-state index contributed by atoms with van der Waals surface area (Å²) in [7, 11) is 0. The number of benzene rings is 1. The van der Waals surface area contributed by atoms with Gasteiger partial charge in [-0.2, -0.15) is 0 Å². The number of likely N-dealkylation sites (tertiary alicyclic amines) is 1. The third-order valence-electron chi connectivity index (χ3n) is 3.43. The lowest BCUT2D eigenvalue weighted by atomic mass is 9.97. The van der Waals surface area contributed by atoms with E-state index >= 15 is 0 Å². The van der Waals surface area contributed by atoms with Crippen LogP contribution in [0.3, 0.4) is 0 Å². The molecule has 19 heavy (non-hydrogen) atoms. The van der Waals surface area contributed by atoms with Gasteiger partial charge in [0.25, 0.3) is 5.91 Å². The molecule has 0 unspecified atom stereocenters. The van der Waals surface area contributed by atoms with Crippen molar-refractivity contribution in [3.05, 3.63) is 35.1 Å². The number of hydrogen-bond donors (Lipinski definition) is 1. The molecule has 104 valence electrons. The smallest absolute Gasteiger partial charge is 0.256 e. The average Bonchev–Trinajstić information content (AvgIpc) is 2.44. The maximum absolute atomic E-state index is 13.5. The van der Waals surface area contributed by atoms with Crippen LogP contribution in [-0.4, -0.2) is 35.6 Å². The van der Waals surface area contributed by atoms with Crippen LogP contribution in [-0.2, 0) is 0 Å². The van der Waals surface area contributed by atoms with Crippen LogP contribution in [0.1, 0.15) is 23.2 Å². The van der Waals surface area contributed by atoms with Crippen LogP contribution in [0.5, 0.6) is 0 Å². The van der Waals surface area contributed by atoms with Gasteiger partial charge >= 0.3 is 0 Å². The van der Waals surface area contributed by atoms with Crippen molar-refractivity contribution in [1.29, 1.82) is 0 Å². The highest BCUT2D eigenvalue weighted by molar-refractivity contribution is 5.94. The van der Waals surface area contributed by atoms with Crippen LogP contribution in [0.15, 0.2) is 12.1 Å². The normalized spacial score (nSPS) is 16.7. The summed E-state index contributed by atoms with van der Waals surface area (Å²) < 4.78 is 39.4. The molecule has 0 radical (unpaired) electrons. The number of aliphatic hydroxyl groups excluding tert-OH is 1. The van der Waals surface area contributed by atoms with Crippen molar-refractivity contribution in [2.75, 3.05) is 19.7 Å². The van der Waals surface area contributed by atoms with E-state index in [1.54, 1.807) is 0 Å². The number of rotatable bonds is 2. The molecular formula is C13H14F3NO2. The van der Waals surface area contributed by atoms with Gasteiger partial charge in [-0.3, -0.25) is 4.79 Å². The summed E-state index contributed by atoms with van der Waals surface area (Å²) in [6.45, 7) is 0.812. The summed E-state index contributed by atoms with van der Waals surface area (Å²) in [5, 5.41) is 8.99. The lowest BCUT2D eigenvalue weighted by Gasteiger charge is -2.31. The Hall–Kier alpha value is -1.56. The first kappa shape index (κ1) is 13.9. The Morgan fingerprint density at radius 2 is 1.84 bits per heavy atom. The second kappa shape index (κ2) is 5.61. The Kier molecular flexibility index (Phi) is 4.09. The SMILES string of the molecule is O=C(c1ccc(F)c(F)c1F)N1CCC(CO)CC1. The third kappa shape index (κ3) is 2.73. The van der Waals surface area contributed by atoms with Gasteiger partial charge in [0.15, 0.2) is 17.5 Å². The molecular weight excluding hydrogens is 259 g/mol. The highest BCUT2D eigenvalue weighted by atomic mass is 19.2. The number of piperidine rings is 1. The van der Waals surface area contributed by atoms with Gasteiger partial charge in [-0.05, 0) is 30.9 Å². The first-order chi connectivity index (χ1) is 9.04. The summed E-state index contributed by atoms with van der Waals surface area (Å²) in [5.74, 6) is -4.90. The van der Waals surface area contributed by atoms with E-state index in [0.717, 1.165) is 12.1 Å². The van der Waals surface area contributed by atoms with Crippen LogP contribution >= 0.6 is 0 Å². The number of carbonyl (C=O) groups excluding carboxylic acids is 1. The van der Waals surface area contributed by atoms with Crippen molar-refractivity contribution in [3.8, 4) is 0 Å². The van der Waals surface area contributed by atoms with E-state index in [0.29, 0.717) is 25.9 Å². The lowest BCUT2D eigenvalue weighted by molar-refractivity contribution is 0.0645. The molecule has 0 spiro atoms. The van der Waals surface area contributed by atoms with E-state index in [1.165, 1.54) is 4.90 Å². The van der Waals surface area contributed by atoms with Crippen LogP contribution in [0, 0.1) is 23.4 Å². The van der Waals surface area contributed by atoms with Gasteiger partial charge in [0.2, 0.25) is 0 Å². The minimum atomic E-state index is -1.63. The first-order valence-corrected chi connectivity index (χ1v) is 6.08. The summed E-state index contributed by atoms with van der Waals surface area (Å²) in [5.41, 5.74) is -0.457. The molecule has 0 aliphatic carbocycles. The number of carbonyl (C=O) groups is 1. The number of aliphatic hydroxyl groups is 1. The molecule has 1 aliphatic heterocycles. The van der Waals surface area contributed by atoms with Crippen LogP contribution in [0.2, 0.25) is 0 Å². The molecule has 1 saturated heterocycles. The Bertz CT molecular complexity index is 485. The Balaban J connectivity index is 2.15. The van der Waals surface area contributed by atoms with E-state index < -0.39 is 28.9 Å². The van der Waals surface area contributed by atoms with Crippen molar-refractivity contribution >= 4 is 5.91 Å². The first-order valence-electron chi connectivity index (χ1n) is 6.08. The monoisotopic (exact) mass is 273 g/mol. The maximum atomic E-state index is 13.5. The molecule has 1 aromatic carbocycles. The summed E-state index contributed by atoms with van der Waals surface area (Å²) >= 11 is 0. The van der Waals surface area contributed by atoms with Crippen molar-refractivity contribution in [3.63, 3.8) is 0 Å². The molecule has 1 heterocycles. The van der Waals surface area contributed by atoms with Crippen LogP contribution in [0.4, 0.5) is 13.2 Å². The molecule has 0 atom stereocenters.